The first kappa shape index (κ1) is 20.4. The van der Waals surface area contributed by atoms with Crippen molar-refractivity contribution in [3.05, 3.63) is 59.8 Å². The molecule has 0 radical (unpaired) electrons. The molecule has 166 valence electrons. The molecule has 1 saturated heterocycles. The van der Waals surface area contributed by atoms with Gasteiger partial charge in [0.05, 0.1) is 18.9 Å². The Labute approximate surface area is 186 Å². The van der Waals surface area contributed by atoms with E-state index in [0.717, 1.165) is 54.9 Å². The van der Waals surface area contributed by atoms with Gasteiger partial charge in [-0.05, 0) is 30.5 Å². The third-order valence-electron chi connectivity index (χ3n) is 6.15. The van der Waals surface area contributed by atoms with Crippen molar-refractivity contribution in [2.45, 2.75) is 44.8 Å². The molecule has 3 aromatic rings. The molecule has 0 aliphatic carbocycles. The molecule has 4 heterocycles. The summed E-state index contributed by atoms with van der Waals surface area (Å²) in [6, 6.07) is 6.28. The highest BCUT2D eigenvalue weighted by atomic mass is 19.1. The van der Waals surface area contributed by atoms with Gasteiger partial charge in [-0.1, -0.05) is 25.0 Å². The molecule has 1 N–H and O–H groups in total. The van der Waals surface area contributed by atoms with Crippen LogP contribution in [0.25, 0.3) is 0 Å². The number of carbonyl (C=O) groups is 1. The fourth-order valence-corrected chi connectivity index (χ4v) is 4.40. The second-order valence-corrected chi connectivity index (χ2v) is 8.38. The number of likely N-dealkylation sites (N-methyl/N-ethyl adjacent to an activating group) is 1. The number of hydrogen-bond donors (Lipinski definition) is 1. The van der Waals surface area contributed by atoms with Crippen molar-refractivity contribution < 1.29 is 9.18 Å². The molecular formula is C23H26FN7O. The lowest BCUT2D eigenvalue weighted by molar-refractivity contribution is -0.120. The largest absolute Gasteiger partial charge is 0.350 e. The van der Waals surface area contributed by atoms with Gasteiger partial charge in [-0.15, -0.1) is 0 Å². The summed E-state index contributed by atoms with van der Waals surface area (Å²) in [5, 5.41) is 7.67. The third kappa shape index (κ3) is 4.02. The van der Waals surface area contributed by atoms with Gasteiger partial charge in [-0.3, -0.25) is 9.48 Å². The summed E-state index contributed by atoms with van der Waals surface area (Å²) in [6.45, 7) is 1.94. The van der Waals surface area contributed by atoms with Crippen molar-refractivity contribution in [2.24, 2.45) is 0 Å². The number of amides is 1. The van der Waals surface area contributed by atoms with Crippen molar-refractivity contribution >= 4 is 23.4 Å². The predicted octanol–water partition coefficient (Wildman–Crippen LogP) is 3.20. The Hall–Kier alpha value is -3.49. The van der Waals surface area contributed by atoms with Crippen LogP contribution in [-0.2, 0) is 17.9 Å². The minimum absolute atomic E-state index is 0.122. The monoisotopic (exact) mass is 435 g/mol. The first-order valence-electron chi connectivity index (χ1n) is 11.0. The van der Waals surface area contributed by atoms with Crippen LogP contribution >= 0.6 is 0 Å². The maximum atomic E-state index is 13.1. The lowest BCUT2D eigenvalue weighted by atomic mass is 10.1. The average molecular weight is 436 g/mol. The van der Waals surface area contributed by atoms with E-state index in [1.165, 1.54) is 12.1 Å². The number of anilines is 3. The molecule has 32 heavy (non-hydrogen) atoms. The van der Waals surface area contributed by atoms with Crippen LogP contribution in [0.2, 0.25) is 0 Å². The second-order valence-electron chi connectivity index (χ2n) is 8.38. The van der Waals surface area contributed by atoms with Crippen LogP contribution in [-0.4, -0.2) is 45.3 Å². The van der Waals surface area contributed by atoms with Crippen LogP contribution in [0.1, 0.15) is 36.8 Å². The Morgan fingerprint density at radius 1 is 1.12 bits per heavy atom. The van der Waals surface area contributed by atoms with Gasteiger partial charge in [0.2, 0.25) is 11.9 Å². The fourth-order valence-electron chi connectivity index (χ4n) is 4.40. The normalized spacial score (nSPS) is 18.2. The van der Waals surface area contributed by atoms with Crippen LogP contribution in [0.3, 0.4) is 0 Å². The number of benzene rings is 1. The molecule has 2 aliphatic heterocycles. The average Bonchev–Trinajstić information content (AvgIpc) is 3.10. The number of halogens is 1. The van der Waals surface area contributed by atoms with E-state index in [-0.39, 0.29) is 17.8 Å². The van der Waals surface area contributed by atoms with E-state index in [1.54, 1.807) is 36.5 Å². The molecule has 5 rings (SSSR count). The Balaban J connectivity index is 1.29. The molecule has 1 unspecified atom stereocenters. The smallest absolute Gasteiger partial charge is 0.249 e. The van der Waals surface area contributed by atoms with E-state index >= 15 is 0 Å². The molecule has 2 aliphatic rings. The summed E-state index contributed by atoms with van der Waals surface area (Å²) in [7, 11) is 1.80. The molecule has 1 aromatic carbocycles. The molecule has 9 heteroatoms. The van der Waals surface area contributed by atoms with Crippen molar-refractivity contribution in [1.29, 1.82) is 0 Å². The van der Waals surface area contributed by atoms with E-state index in [0.29, 0.717) is 19.0 Å². The van der Waals surface area contributed by atoms with Gasteiger partial charge in [-0.2, -0.15) is 10.1 Å². The predicted molar refractivity (Wildman–Crippen MR) is 120 cm³/mol. The first-order valence-corrected chi connectivity index (χ1v) is 11.0. The maximum absolute atomic E-state index is 13.1. The Morgan fingerprint density at radius 2 is 1.97 bits per heavy atom. The Kier molecular flexibility index (Phi) is 5.46. The van der Waals surface area contributed by atoms with Crippen LogP contribution in [0, 0.1) is 5.82 Å². The van der Waals surface area contributed by atoms with Gasteiger partial charge >= 0.3 is 0 Å². The number of nitrogens with zero attached hydrogens (tertiary/aromatic N) is 6. The van der Waals surface area contributed by atoms with E-state index < -0.39 is 0 Å². The van der Waals surface area contributed by atoms with Crippen molar-refractivity contribution in [3.63, 3.8) is 0 Å². The molecule has 0 saturated carbocycles. The molecule has 0 bridgehead atoms. The number of fused-ring (bicyclic) bond motifs is 3. The first-order chi connectivity index (χ1) is 15.6. The Bertz CT molecular complexity index is 1110. The van der Waals surface area contributed by atoms with Crippen LogP contribution in [0.5, 0.6) is 0 Å². The summed E-state index contributed by atoms with van der Waals surface area (Å²) in [5.74, 6) is 1.23. The summed E-state index contributed by atoms with van der Waals surface area (Å²) in [4.78, 5) is 25.8. The summed E-state index contributed by atoms with van der Waals surface area (Å²) >= 11 is 0. The molecular weight excluding hydrogens is 409 g/mol. The molecule has 2 aromatic heterocycles. The number of carbonyl (C=O) groups excluding carboxylic acids is 1. The van der Waals surface area contributed by atoms with Gasteiger partial charge in [-0.25, -0.2) is 9.37 Å². The highest BCUT2D eigenvalue weighted by molar-refractivity contribution is 6.04. The van der Waals surface area contributed by atoms with Crippen LogP contribution < -0.4 is 15.1 Å². The SMILES string of the molecule is CN1C(=O)C2CCCCCN2c2nc(NCc3cnn(Cc4ccc(F)cc4)c3)ncc21. The van der Waals surface area contributed by atoms with Crippen molar-refractivity contribution in [2.75, 3.05) is 28.7 Å². The highest BCUT2D eigenvalue weighted by Crippen LogP contribution is 2.36. The fraction of sp³-hybridized carbons (Fsp3) is 0.391. The third-order valence-corrected chi connectivity index (χ3v) is 6.15. The lowest BCUT2D eigenvalue weighted by Gasteiger charge is -2.39. The molecule has 1 fully saturated rings. The number of hydrogen-bond acceptors (Lipinski definition) is 6. The lowest BCUT2D eigenvalue weighted by Crippen LogP contribution is -2.52. The highest BCUT2D eigenvalue weighted by Gasteiger charge is 2.38. The van der Waals surface area contributed by atoms with Crippen LogP contribution in [0.4, 0.5) is 21.8 Å². The van der Waals surface area contributed by atoms with E-state index in [2.05, 4.69) is 20.3 Å². The summed E-state index contributed by atoms with van der Waals surface area (Å²) < 4.78 is 14.9. The minimum Gasteiger partial charge on any atom is -0.350 e. The topological polar surface area (TPSA) is 79.2 Å². The Morgan fingerprint density at radius 3 is 2.81 bits per heavy atom. The van der Waals surface area contributed by atoms with Crippen LogP contribution in [0.15, 0.2) is 42.9 Å². The number of rotatable bonds is 5. The number of aromatic nitrogens is 4. The molecule has 8 nitrogen and oxygen atoms in total. The van der Waals surface area contributed by atoms with Gasteiger partial charge in [0.15, 0.2) is 5.82 Å². The maximum Gasteiger partial charge on any atom is 0.249 e. The summed E-state index contributed by atoms with van der Waals surface area (Å²) in [5.41, 5.74) is 2.73. The van der Waals surface area contributed by atoms with Gasteiger partial charge in [0, 0.05) is 31.9 Å². The van der Waals surface area contributed by atoms with Crippen molar-refractivity contribution in [3.8, 4) is 0 Å². The zero-order chi connectivity index (χ0) is 22.1. The quantitative estimate of drug-likeness (QED) is 0.663. The molecule has 1 amide bonds. The zero-order valence-corrected chi connectivity index (χ0v) is 18.0. The van der Waals surface area contributed by atoms with E-state index in [9.17, 15) is 9.18 Å². The summed E-state index contributed by atoms with van der Waals surface area (Å²) in [6.07, 6.45) is 9.60. The molecule has 0 spiro atoms. The number of nitrogens with one attached hydrogen (secondary N) is 1. The zero-order valence-electron chi connectivity index (χ0n) is 18.0. The van der Waals surface area contributed by atoms with Crippen molar-refractivity contribution in [1.82, 2.24) is 19.7 Å². The van der Waals surface area contributed by atoms with Gasteiger partial charge in [0.1, 0.15) is 17.5 Å². The molecule has 1 atom stereocenters. The standard InChI is InChI=1S/C23H26FN7O/c1-29-20-13-26-23(28-21(20)31-10-4-2-3-5-19(31)22(29)32)25-11-17-12-27-30(15-17)14-16-6-8-18(24)9-7-16/h6-9,12-13,15,19H,2-5,10-11,14H2,1H3,(H,25,26,28). The van der Waals surface area contributed by atoms with E-state index in [4.69, 9.17) is 4.98 Å². The second kappa shape index (κ2) is 8.57. The van der Waals surface area contributed by atoms with Gasteiger partial charge in [0.25, 0.3) is 0 Å². The minimum atomic E-state index is -0.244. The van der Waals surface area contributed by atoms with Gasteiger partial charge < -0.3 is 15.1 Å². The van der Waals surface area contributed by atoms with E-state index in [1.807, 2.05) is 10.9 Å².